The minimum absolute atomic E-state index is 0.340. The molecule has 0 saturated carbocycles. The predicted octanol–water partition coefficient (Wildman–Crippen LogP) is 2.88. The minimum Gasteiger partial charge on any atom is -0.348 e. The van der Waals surface area contributed by atoms with Gasteiger partial charge in [-0.2, -0.15) is 0 Å². The van der Waals surface area contributed by atoms with E-state index in [9.17, 15) is 0 Å². The smallest absolute Gasteiger partial charge is 0.0925 e. The molecule has 2 N–H and O–H groups in total. The summed E-state index contributed by atoms with van der Waals surface area (Å²) in [6.45, 7) is 7.12. The fourth-order valence-corrected chi connectivity index (χ4v) is 1.79. The van der Waals surface area contributed by atoms with Crippen molar-refractivity contribution in [2.45, 2.75) is 33.4 Å². The van der Waals surface area contributed by atoms with Crippen LogP contribution in [-0.4, -0.2) is 9.97 Å². The van der Waals surface area contributed by atoms with E-state index in [1.165, 1.54) is 11.1 Å². The Hall–Kier alpha value is -1.61. The summed E-state index contributed by atoms with van der Waals surface area (Å²) in [4.78, 5) is 7.37. The summed E-state index contributed by atoms with van der Waals surface area (Å²) in [6.07, 6.45) is 1.74. The Balaban J connectivity index is 1.95. The van der Waals surface area contributed by atoms with Gasteiger partial charge in [0.05, 0.1) is 12.0 Å². The van der Waals surface area contributed by atoms with Crippen LogP contribution in [-0.2, 0) is 6.54 Å². The highest BCUT2D eigenvalue weighted by molar-refractivity contribution is 5.23. The molecule has 0 bridgehead atoms. The van der Waals surface area contributed by atoms with Crippen molar-refractivity contribution in [1.82, 2.24) is 15.3 Å². The standard InChI is InChI=1S/C14H19N3/c1-10-4-6-13(7-5-10)11(2)15-8-14-12(3)16-9-17-14/h4-7,9,11,15H,8H2,1-3H3,(H,16,17)/t11-/m0/s1. The van der Waals surface area contributed by atoms with Gasteiger partial charge in [0.1, 0.15) is 0 Å². The number of benzene rings is 1. The van der Waals surface area contributed by atoms with Crippen LogP contribution < -0.4 is 5.32 Å². The molecule has 0 aliphatic heterocycles. The van der Waals surface area contributed by atoms with Crippen molar-refractivity contribution in [2.75, 3.05) is 0 Å². The third kappa shape index (κ3) is 2.94. The number of rotatable bonds is 4. The van der Waals surface area contributed by atoms with Crippen LogP contribution in [0.1, 0.15) is 35.5 Å². The number of nitrogens with zero attached hydrogens (tertiary/aromatic N) is 1. The summed E-state index contributed by atoms with van der Waals surface area (Å²) in [6, 6.07) is 8.97. The van der Waals surface area contributed by atoms with Gasteiger partial charge in [0.15, 0.2) is 0 Å². The molecule has 90 valence electrons. The van der Waals surface area contributed by atoms with Crippen LogP contribution in [0.3, 0.4) is 0 Å². The van der Waals surface area contributed by atoms with E-state index in [0.717, 1.165) is 17.9 Å². The largest absolute Gasteiger partial charge is 0.348 e. The van der Waals surface area contributed by atoms with Crippen molar-refractivity contribution in [2.24, 2.45) is 0 Å². The normalized spacial score (nSPS) is 12.6. The molecule has 3 nitrogen and oxygen atoms in total. The SMILES string of the molecule is Cc1ccc([C@H](C)NCc2nc[nH]c2C)cc1. The van der Waals surface area contributed by atoms with Gasteiger partial charge in [0.25, 0.3) is 0 Å². The third-order valence-corrected chi connectivity index (χ3v) is 3.09. The highest BCUT2D eigenvalue weighted by Gasteiger charge is 2.06. The number of H-pyrrole nitrogens is 1. The number of aromatic nitrogens is 2. The first-order valence-corrected chi connectivity index (χ1v) is 5.95. The molecule has 1 atom stereocenters. The first-order valence-electron chi connectivity index (χ1n) is 5.95. The maximum absolute atomic E-state index is 4.28. The van der Waals surface area contributed by atoms with E-state index in [4.69, 9.17) is 0 Å². The molecule has 0 amide bonds. The molecule has 0 saturated heterocycles. The summed E-state index contributed by atoms with van der Waals surface area (Å²) in [5.74, 6) is 0. The van der Waals surface area contributed by atoms with E-state index in [0.29, 0.717) is 6.04 Å². The Bertz CT molecular complexity index is 470. The second kappa shape index (κ2) is 5.15. The Kier molecular flexibility index (Phi) is 3.59. The predicted molar refractivity (Wildman–Crippen MR) is 69.8 cm³/mol. The van der Waals surface area contributed by atoms with Gasteiger partial charge >= 0.3 is 0 Å². The van der Waals surface area contributed by atoms with Crippen molar-refractivity contribution >= 4 is 0 Å². The van der Waals surface area contributed by atoms with Crippen molar-refractivity contribution in [3.05, 3.63) is 53.1 Å². The fourth-order valence-electron chi connectivity index (χ4n) is 1.79. The minimum atomic E-state index is 0.340. The third-order valence-electron chi connectivity index (χ3n) is 3.09. The quantitative estimate of drug-likeness (QED) is 0.846. The Morgan fingerprint density at radius 3 is 2.53 bits per heavy atom. The van der Waals surface area contributed by atoms with Gasteiger partial charge in [0.2, 0.25) is 0 Å². The number of aryl methyl sites for hydroxylation is 2. The van der Waals surface area contributed by atoms with Crippen LogP contribution in [0, 0.1) is 13.8 Å². The highest BCUT2D eigenvalue weighted by Crippen LogP contribution is 2.13. The lowest BCUT2D eigenvalue weighted by molar-refractivity contribution is 0.567. The maximum Gasteiger partial charge on any atom is 0.0925 e. The molecule has 0 radical (unpaired) electrons. The van der Waals surface area contributed by atoms with E-state index in [-0.39, 0.29) is 0 Å². The lowest BCUT2D eigenvalue weighted by Crippen LogP contribution is -2.18. The average Bonchev–Trinajstić information content (AvgIpc) is 2.73. The van der Waals surface area contributed by atoms with E-state index in [1.54, 1.807) is 6.33 Å². The number of aromatic amines is 1. The molecule has 17 heavy (non-hydrogen) atoms. The lowest BCUT2D eigenvalue weighted by atomic mass is 10.1. The van der Waals surface area contributed by atoms with E-state index in [1.807, 2.05) is 6.92 Å². The molecular formula is C14H19N3. The first kappa shape index (κ1) is 11.9. The Morgan fingerprint density at radius 2 is 1.94 bits per heavy atom. The summed E-state index contributed by atoms with van der Waals surface area (Å²) >= 11 is 0. The molecule has 1 heterocycles. The zero-order chi connectivity index (χ0) is 12.3. The lowest BCUT2D eigenvalue weighted by Gasteiger charge is -2.13. The van der Waals surface area contributed by atoms with Gasteiger partial charge < -0.3 is 10.3 Å². The zero-order valence-electron chi connectivity index (χ0n) is 10.6. The molecular weight excluding hydrogens is 210 g/mol. The topological polar surface area (TPSA) is 40.7 Å². The van der Waals surface area contributed by atoms with Crippen molar-refractivity contribution in [1.29, 1.82) is 0 Å². The van der Waals surface area contributed by atoms with Crippen LogP contribution in [0.4, 0.5) is 0 Å². The van der Waals surface area contributed by atoms with Crippen LogP contribution in [0.5, 0.6) is 0 Å². The zero-order valence-corrected chi connectivity index (χ0v) is 10.6. The van der Waals surface area contributed by atoms with Gasteiger partial charge in [-0.3, -0.25) is 0 Å². The van der Waals surface area contributed by atoms with E-state index in [2.05, 4.69) is 53.4 Å². The van der Waals surface area contributed by atoms with Gasteiger partial charge in [0, 0.05) is 18.3 Å². The maximum atomic E-state index is 4.28. The van der Waals surface area contributed by atoms with Gasteiger partial charge in [-0.15, -0.1) is 0 Å². The summed E-state index contributed by atoms with van der Waals surface area (Å²) in [5.41, 5.74) is 4.82. The Morgan fingerprint density at radius 1 is 1.24 bits per heavy atom. The summed E-state index contributed by atoms with van der Waals surface area (Å²) in [7, 11) is 0. The first-order chi connectivity index (χ1) is 8.16. The molecule has 0 fully saturated rings. The van der Waals surface area contributed by atoms with Crippen LogP contribution in [0.25, 0.3) is 0 Å². The molecule has 3 heteroatoms. The highest BCUT2D eigenvalue weighted by atomic mass is 15.0. The molecule has 1 aromatic heterocycles. The van der Waals surface area contributed by atoms with E-state index >= 15 is 0 Å². The molecule has 1 aromatic carbocycles. The van der Waals surface area contributed by atoms with Crippen LogP contribution in [0.2, 0.25) is 0 Å². The van der Waals surface area contributed by atoms with Gasteiger partial charge in [-0.1, -0.05) is 29.8 Å². The molecule has 0 spiro atoms. The molecule has 0 unspecified atom stereocenters. The van der Waals surface area contributed by atoms with Gasteiger partial charge in [-0.25, -0.2) is 4.98 Å². The summed E-state index contributed by atoms with van der Waals surface area (Å²) in [5, 5.41) is 3.48. The van der Waals surface area contributed by atoms with Gasteiger partial charge in [-0.05, 0) is 26.3 Å². The Labute approximate surface area is 102 Å². The van der Waals surface area contributed by atoms with Crippen molar-refractivity contribution in [3.63, 3.8) is 0 Å². The molecule has 0 aliphatic rings. The second-order valence-corrected chi connectivity index (χ2v) is 4.49. The molecule has 2 rings (SSSR count). The van der Waals surface area contributed by atoms with Crippen LogP contribution in [0.15, 0.2) is 30.6 Å². The summed E-state index contributed by atoms with van der Waals surface area (Å²) < 4.78 is 0. The number of imidazole rings is 1. The number of nitrogens with one attached hydrogen (secondary N) is 2. The second-order valence-electron chi connectivity index (χ2n) is 4.49. The molecule has 2 aromatic rings. The van der Waals surface area contributed by atoms with Crippen molar-refractivity contribution in [3.8, 4) is 0 Å². The number of hydrogen-bond acceptors (Lipinski definition) is 2. The number of hydrogen-bond donors (Lipinski definition) is 2. The molecule has 0 aliphatic carbocycles. The monoisotopic (exact) mass is 229 g/mol. The average molecular weight is 229 g/mol. The van der Waals surface area contributed by atoms with E-state index < -0.39 is 0 Å². The van der Waals surface area contributed by atoms with Crippen molar-refractivity contribution < 1.29 is 0 Å². The fraction of sp³-hybridized carbons (Fsp3) is 0.357. The van der Waals surface area contributed by atoms with Crippen LogP contribution >= 0.6 is 0 Å².